The van der Waals surface area contributed by atoms with Crippen LogP contribution in [0.15, 0.2) is 24.3 Å². The van der Waals surface area contributed by atoms with E-state index in [-0.39, 0.29) is 0 Å². The zero-order chi connectivity index (χ0) is 12.7. The summed E-state index contributed by atoms with van der Waals surface area (Å²) in [5.74, 6) is 0. The summed E-state index contributed by atoms with van der Waals surface area (Å²) >= 11 is 0. The van der Waals surface area contributed by atoms with Crippen LogP contribution in [0.1, 0.15) is 19.3 Å². The average molecular weight is 255 g/mol. The van der Waals surface area contributed by atoms with Crippen molar-refractivity contribution in [3.8, 4) is 0 Å². The summed E-state index contributed by atoms with van der Waals surface area (Å²) in [5, 5.41) is 0.799. The SMILES string of the molecule is C1CC1.CO[Si](OC)(OC)c1ccccc1N. The van der Waals surface area contributed by atoms with Gasteiger partial charge in [0.25, 0.3) is 0 Å². The Morgan fingerprint density at radius 3 is 1.76 bits per heavy atom. The van der Waals surface area contributed by atoms with E-state index in [0.29, 0.717) is 5.69 Å². The van der Waals surface area contributed by atoms with Gasteiger partial charge in [-0.1, -0.05) is 37.5 Å². The standard InChI is InChI=1S/C9H15NO3Si.C3H6/c1-11-14(12-2,13-3)9-7-5-4-6-8(9)10;1-2-3-1/h4-7H,10H2,1-3H3;1-3H2. The van der Waals surface area contributed by atoms with Crippen molar-refractivity contribution >= 4 is 19.7 Å². The van der Waals surface area contributed by atoms with Crippen molar-refractivity contribution in [2.75, 3.05) is 27.1 Å². The molecule has 1 aliphatic rings. The van der Waals surface area contributed by atoms with E-state index >= 15 is 0 Å². The topological polar surface area (TPSA) is 53.7 Å². The molecule has 0 atom stereocenters. The summed E-state index contributed by atoms with van der Waals surface area (Å²) in [6, 6.07) is 7.40. The molecule has 1 saturated carbocycles. The van der Waals surface area contributed by atoms with Gasteiger partial charge in [0.05, 0.1) is 0 Å². The first-order valence-corrected chi connectivity index (χ1v) is 7.43. The third-order valence-electron chi connectivity index (χ3n) is 2.45. The molecule has 0 radical (unpaired) electrons. The normalized spacial score (nSPS) is 13.8. The molecule has 1 aliphatic carbocycles. The fraction of sp³-hybridized carbons (Fsp3) is 0.500. The fourth-order valence-electron chi connectivity index (χ4n) is 1.36. The Morgan fingerprint density at radius 1 is 0.941 bits per heavy atom. The molecule has 1 aromatic rings. The van der Waals surface area contributed by atoms with E-state index in [4.69, 9.17) is 19.0 Å². The highest BCUT2D eigenvalue weighted by Gasteiger charge is 2.42. The molecule has 1 fully saturated rings. The van der Waals surface area contributed by atoms with Crippen LogP contribution in [0.3, 0.4) is 0 Å². The van der Waals surface area contributed by atoms with Gasteiger partial charge >= 0.3 is 8.80 Å². The van der Waals surface area contributed by atoms with Gasteiger partial charge in [-0.15, -0.1) is 0 Å². The average Bonchev–Trinajstić information content (AvgIpc) is 3.22. The summed E-state index contributed by atoms with van der Waals surface area (Å²) in [6.45, 7) is 0. The number of hydrogen-bond acceptors (Lipinski definition) is 4. The van der Waals surface area contributed by atoms with Crippen molar-refractivity contribution < 1.29 is 13.3 Å². The van der Waals surface area contributed by atoms with E-state index in [9.17, 15) is 0 Å². The number of nitrogen functional groups attached to an aromatic ring is 1. The number of para-hydroxylation sites is 1. The van der Waals surface area contributed by atoms with E-state index in [0.717, 1.165) is 5.19 Å². The van der Waals surface area contributed by atoms with Gasteiger partial charge in [0.2, 0.25) is 0 Å². The molecule has 4 nitrogen and oxygen atoms in total. The third-order valence-corrected chi connectivity index (χ3v) is 5.18. The minimum absolute atomic E-state index is 0.629. The number of benzene rings is 1. The number of rotatable bonds is 4. The van der Waals surface area contributed by atoms with Crippen molar-refractivity contribution in [1.29, 1.82) is 0 Å². The summed E-state index contributed by atoms with van der Waals surface area (Å²) in [4.78, 5) is 0. The summed E-state index contributed by atoms with van der Waals surface area (Å²) in [7, 11) is 1.92. The fourth-order valence-corrected chi connectivity index (χ4v) is 3.25. The zero-order valence-electron chi connectivity index (χ0n) is 10.7. The first-order chi connectivity index (χ1) is 8.20. The summed E-state index contributed by atoms with van der Waals surface area (Å²) in [6.07, 6.45) is 4.50. The molecule has 0 unspecified atom stereocenters. The van der Waals surface area contributed by atoms with Gasteiger partial charge in [0.15, 0.2) is 0 Å². The molecule has 1 aromatic carbocycles. The van der Waals surface area contributed by atoms with Crippen LogP contribution in [0.5, 0.6) is 0 Å². The second-order valence-electron chi connectivity index (χ2n) is 3.82. The van der Waals surface area contributed by atoms with Crippen LogP contribution in [0.4, 0.5) is 5.69 Å². The van der Waals surface area contributed by atoms with Gasteiger partial charge < -0.3 is 19.0 Å². The zero-order valence-corrected chi connectivity index (χ0v) is 11.7. The Morgan fingerprint density at radius 2 is 1.41 bits per heavy atom. The largest absolute Gasteiger partial charge is 0.538 e. The van der Waals surface area contributed by atoms with E-state index in [2.05, 4.69) is 0 Å². The van der Waals surface area contributed by atoms with Gasteiger partial charge in [-0.2, -0.15) is 0 Å². The highest BCUT2D eigenvalue weighted by atomic mass is 28.4. The van der Waals surface area contributed by atoms with Crippen LogP contribution in [0, 0.1) is 0 Å². The van der Waals surface area contributed by atoms with E-state index < -0.39 is 8.80 Å². The van der Waals surface area contributed by atoms with Crippen molar-refractivity contribution in [2.45, 2.75) is 19.3 Å². The highest BCUT2D eigenvalue weighted by molar-refractivity contribution is 6.76. The van der Waals surface area contributed by atoms with Crippen LogP contribution < -0.4 is 10.9 Å². The maximum absolute atomic E-state index is 5.83. The maximum atomic E-state index is 5.83. The minimum Gasteiger partial charge on any atom is -0.399 e. The Kier molecular flexibility index (Phi) is 5.63. The molecular formula is C12H21NO3Si. The molecule has 0 bridgehead atoms. The quantitative estimate of drug-likeness (QED) is 0.655. The molecule has 0 amide bonds. The van der Waals surface area contributed by atoms with Crippen LogP contribution >= 0.6 is 0 Å². The molecule has 96 valence electrons. The lowest BCUT2D eigenvalue weighted by molar-refractivity contribution is 0.140. The molecule has 2 N–H and O–H groups in total. The van der Waals surface area contributed by atoms with Gasteiger partial charge in [0.1, 0.15) is 0 Å². The smallest absolute Gasteiger partial charge is 0.399 e. The Balaban J connectivity index is 0.000000415. The summed E-state index contributed by atoms with van der Waals surface area (Å²) in [5.41, 5.74) is 6.46. The number of hydrogen-bond donors (Lipinski definition) is 1. The Bertz CT molecular complexity index is 329. The molecule has 0 saturated heterocycles. The van der Waals surface area contributed by atoms with Crippen molar-refractivity contribution in [1.82, 2.24) is 0 Å². The van der Waals surface area contributed by atoms with Crippen molar-refractivity contribution in [3.05, 3.63) is 24.3 Å². The molecule has 2 rings (SSSR count). The second-order valence-corrected chi connectivity index (χ2v) is 6.69. The molecule has 0 aliphatic heterocycles. The van der Waals surface area contributed by atoms with Gasteiger partial charge in [-0.3, -0.25) is 0 Å². The predicted octanol–water partition coefficient (Wildman–Crippen LogP) is 1.52. The number of anilines is 1. The van der Waals surface area contributed by atoms with Crippen molar-refractivity contribution in [3.63, 3.8) is 0 Å². The Hall–Kier alpha value is -0.883. The summed E-state index contributed by atoms with van der Waals surface area (Å²) < 4.78 is 16.0. The van der Waals surface area contributed by atoms with Gasteiger partial charge in [-0.05, 0) is 6.07 Å². The Labute approximate surface area is 104 Å². The van der Waals surface area contributed by atoms with Crippen LogP contribution in [-0.4, -0.2) is 30.1 Å². The molecular weight excluding hydrogens is 234 g/mol. The molecule has 0 heterocycles. The lowest BCUT2D eigenvalue weighted by Gasteiger charge is -2.25. The third kappa shape index (κ3) is 3.81. The van der Waals surface area contributed by atoms with Gasteiger partial charge in [-0.25, -0.2) is 0 Å². The van der Waals surface area contributed by atoms with Crippen molar-refractivity contribution in [2.24, 2.45) is 0 Å². The predicted molar refractivity (Wildman–Crippen MR) is 71.1 cm³/mol. The molecule has 17 heavy (non-hydrogen) atoms. The van der Waals surface area contributed by atoms with E-state index in [1.54, 1.807) is 27.4 Å². The highest BCUT2D eigenvalue weighted by Crippen LogP contribution is 2.15. The lowest BCUT2D eigenvalue weighted by Crippen LogP contribution is -2.55. The minimum atomic E-state index is -2.76. The molecule has 0 aromatic heterocycles. The van der Waals surface area contributed by atoms with Crippen LogP contribution in [-0.2, 0) is 13.3 Å². The van der Waals surface area contributed by atoms with E-state index in [1.807, 2.05) is 18.2 Å². The van der Waals surface area contributed by atoms with Crippen LogP contribution in [0.2, 0.25) is 0 Å². The first-order valence-electron chi connectivity index (χ1n) is 5.70. The number of nitrogens with two attached hydrogens (primary N) is 1. The van der Waals surface area contributed by atoms with E-state index in [1.165, 1.54) is 19.3 Å². The second kappa shape index (κ2) is 6.76. The molecule has 0 spiro atoms. The lowest BCUT2D eigenvalue weighted by atomic mass is 10.3. The maximum Gasteiger partial charge on any atom is 0.538 e. The molecule has 5 heteroatoms. The first kappa shape index (κ1) is 14.2. The van der Waals surface area contributed by atoms with Gasteiger partial charge in [0, 0.05) is 32.2 Å². The monoisotopic (exact) mass is 255 g/mol. The van der Waals surface area contributed by atoms with Crippen LogP contribution in [0.25, 0.3) is 0 Å².